The number of ether oxygens (including phenoxy) is 4. The number of hydrogen-bond acceptors (Lipinski definition) is 15. The third kappa shape index (κ3) is 73.1. The molecule has 0 aromatic heterocycles. The number of allylic oxidation sites excluding steroid dienone is 10. The summed E-state index contributed by atoms with van der Waals surface area (Å²) in [6, 6.07) is 0. The molecule has 3 N–H and O–H groups in total. The molecular formula is C81H148O17P2. The lowest BCUT2D eigenvalue weighted by molar-refractivity contribution is -0.161. The Bertz CT molecular complexity index is 2130. The number of esters is 4. The molecule has 0 radical (unpaired) electrons. The zero-order valence-corrected chi connectivity index (χ0v) is 65.7. The molecule has 2 unspecified atom stereocenters. The van der Waals surface area contributed by atoms with E-state index in [9.17, 15) is 43.2 Å². The number of hydrogen-bond donors (Lipinski definition) is 3. The van der Waals surface area contributed by atoms with Gasteiger partial charge in [-0.1, -0.05) is 345 Å². The van der Waals surface area contributed by atoms with Crippen molar-refractivity contribution in [3.8, 4) is 0 Å². The van der Waals surface area contributed by atoms with Crippen LogP contribution in [0.2, 0.25) is 0 Å². The highest BCUT2D eigenvalue weighted by molar-refractivity contribution is 7.47. The fraction of sp³-hybridized carbons (Fsp3) is 0.827. The first-order valence-electron chi connectivity index (χ1n) is 40.5. The van der Waals surface area contributed by atoms with Crippen LogP contribution in [-0.4, -0.2) is 96.7 Å². The maximum Gasteiger partial charge on any atom is 0.472 e. The molecule has 5 atom stereocenters. The SMILES string of the molecule is CCCCC/C=C\C/C=C\C/C=C\C/C=C\C/C=C\CCC(=O)OC[C@H](COP(=O)(O)OC[C@@H](O)COP(=O)(O)OC[C@@H](COC(=O)CCCCCCCCCCCCCCC)OC(=O)CCCCCCCCCCCCCCCCC)OC(=O)CCCCCCCCCCCCCCC. The average molecular weight is 1460 g/mol. The van der Waals surface area contributed by atoms with Gasteiger partial charge in [0.25, 0.3) is 0 Å². The van der Waals surface area contributed by atoms with Crippen LogP contribution in [0.1, 0.15) is 374 Å². The minimum absolute atomic E-state index is 0.0433. The molecule has 0 aliphatic carbocycles. The Hall–Kier alpha value is -3.24. The predicted octanol–water partition coefficient (Wildman–Crippen LogP) is 23.5. The molecule has 0 amide bonds. The van der Waals surface area contributed by atoms with Crippen LogP contribution in [0.25, 0.3) is 0 Å². The molecular weight excluding hydrogens is 1310 g/mol. The van der Waals surface area contributed by atoms with Gasteiger partial charge in [-0.15, -0.1) is 0 Å². The molecule has 17 nitrogen and oxygen atoms in total. The first-order valence-corrected chi connectivity index (χ1v) is 43.5. The first-order chi connectivity index (χ1) is 48.7. The molecule has 100 heavy (non-hydrogen) atoms. The molecule has 0 aliphatic heterocycles. The minimum Gasteiger partial charge on any atom is -0.462 e. The number of phosphoric ester groups is 2. The summed E-state index contributed by atoms with van der Waals surface area (Å²) in [4.78, 5) is 72.9. The van der Waals surface area contributed by atoms with Crippen LogP contribution >= 0.6 is 15.6 Å². The van der Waals surface area contributed by atoms with Crippen LogP contribution in [0.5, 0.6) is 0 Å². The van der Waals surface area contributed by atoms with Crippen LogP contribution in [0.15, 0.2) is 60.8 Å². The van der Waals surface area contributed by atoms with Gasteiger partial charge in [0.15, 0.2) is 12.2 Å². The quantitative estimate of drug-likeness (QED) is 0.0169. The average Bonchev–Trinajstić information content (AvgIpc) is 0.924. The second-order valence-electron chi connectivity index (χ2n) is 27.4. The van der Waals surface area contributed by atoms with E-state index in [0.717, 1.165) is 96.3 Å². The van der Waals surface area contributed by atoms with Gasteiger partial charge >= 0.3 is 39.5 Å². The van der Waals surface area contributed by atoms with E-state index in [4.69, 9.17) is 37.0 Å². The number of unbranched alkanes of at least 4 members (excludes halogenated alkanes) is 41. The Labute approximate surface area is 610 Å². The molecule has 0 aromatic rings. The maximum absolute atomic E-state index is 13.1. The van der Waals surface area contributed by atoms with Gasteiger partial charge < -0.3 is 33.8 Å². The van der Waals surface area contributed by atoms with E-state index in [1.807, 2.05) is 12.2 Å². The minimum atomic E-state index is -4.98. The lowest BCUT2D eigenvalue weighted by Crippen LogP contribution is -2.30. The Morgan fingerprint density at radius 3 is 0.810 bits per heavy atom. The van der Waals surface area contributed by atoms with Crippen molar-refractivity contribution in [2.75, 3.05) is 39.6 Å². The summed E-state index contributed by atoms with van der Waals surface area (Å²) in [5.41, 5.74) is 0. The zero-order valence-electron chi connectivity index (χ0n) is 63.9. The largest absolute Gasteiger partial charge is 0.472 e. The molecule has 0 fully saturated rings. The molecule has 0 heterocycles. The van der Waals surface area contributed by atoms with Crippen LogP contribution in [-0.2, 0) is 65.4 Å². The molecule has 0 saturated carbocycles. The molecule has 0 spiro atoms. The van der Waals surface area contributed by atoms with Gasteiger partial charge in [-0.3, -0.25) is 37.3 Å². The summed E-state index contributed by atoms with van der Waals surface area (Å²) in [6.07, 6.45) is 73.5. The van der Waals surface area contributed by atoms with Gasteiger partial charge in [0, 0.05) is 25.7 Å². The van der Waals surface area contributed by atoms with E-state index in [0.29, 0.717) is 32.1 Å². The van der Waals surface area contributed by atoms with Gasteiger partial charge in [0.2, 0.25) is 0 Å². The molecule has 19 heteroatoms. The number of rotatable bonds is 77. The van der Waals surface area contributed by atoms with Gasteiger partial charge in [-0.25, -0.2) is 9.13 Å². The van der Waals surface area contributed by atoms with Crippen LogP contribution < -0.4 is 0 Å². The normalized spacial score (nSPS) is 14.2. The van der Waals surface area contributed by atoms with E-state index >= 15 is 0 Å². The van der Waals surface area contributed by atoms with Crippen molar-refractivity contribution in [3.05, 3.63) is 60.8 Å². The van der Waals surface area contributed by atoms with Crippen molar-refractivity contribution in [3.63, 3.8) is 0 Å². The Morgan fingerprint density at radius 2 is 0.510 bits per heavy atom. The topological polar surface area (TPSA) is 237 Å². The first kappa shape index (κ1) is 96.8. The lowest BCUT2D eigenvalue weighted by atomic mass is 10.0. The highest BCUT2D eigenvalue weighted by Crippen LogP contribution is 2.45. The van der Waals surface area contributed by atoms with Gasteiger partial charge in [-0.05, 0) is 64.2 Å². The van der Waals surface area contributed by atoms with Gasteiger partial charge in [0.1, 0.15) is 19.3 Å². The van der Waals surface area contributed by atoms with Crippen LogP contribution in [0, 0.1) is 0 Å². The fourth-order valence-electron chi connectivity index (χ4n) is 11.3. The van der Waals surface area contributed by atoms with Crippen LogP contribution in [0.4, 0.5) is 0 Å². The second kappa shape index (κ2) is 74.0. The van der Waals surface area contributed by atoms with E-state index in [1.165, 1.54) is 193 Å². The molecule has 584 valence electrons. The summed E-state index contributed by atoms with van der Waals surface area (Å²) >= 11 is 0. The molecule has 0 rings (SSSR count). The molecule has 0 aromatic carbocycles. The highest BCUT2D eigenvalue weighted by atomic mass is 31.2. The van der Waals surface area contributed by atoms with Crippen molar-refractivity contribution < 1.29 is 80.2 Å². The van der Waals surface area contributed by atoms with Crippen molar-refractivity contribution in [1.29, 1.82) is 0 Å². The third-order valence-electron chi connectivity index (χ3n) is 17.5. The highest BCUT2D eigenvalue weighted by Gasteiger charge is 2.30. The van der Waals surface area contributed by atoms with Crippen molar-refractivity contribution in [1.82, 2.24) is 0 Å². The Morgan fingerprint density at radius 1 is 0.280 bits per heavy atom. The second-order valence-corrected chi connectivity index (χ2v) is 30.3. The monoisotopic (exact) mass is 1460 g/mol. The summed E-state index contributed by atoms with van der Waals surface area (Å²) in [5.74, 6) is -2.23. The number of aliphatic hydroxyl groups is 1. The summed E-state index contributed by atoms with van der Waals surface area (Å²) < 4.78 is 68.5. The standard InChI is InChI=1S/C81H148O17P2/c1-5-9-13-17-21-25-29-33-35-36-37-38-40-43-46-50-54-58-62-66-79(84)92-72-76(97-80(85)67-63-59-55-51-47-42-32-28-24-20-16-12-8-4)73-95-99(87,88)93-69-75(82)70-94-100(89,90)96-74-77(71-91-78(83)65-61-57-53-49-45-41-31-27-23-19-15-11-7-3)98-81(86)68-64-60-56-52-48-44-39-34-30-26-22-18-14-10-6-2/h21,25,33,35,37-38,43,46,54,58,75-77,82H,5-20,22-24,26-32,34,36,39-42,44-45,47-53,55-57,59-74H2,1-4H3,(H,87,88)(H,89,90)/b25-21-,35-33-,38-37-,46-43-,58-54-/t75-,76-,77-/m1/s1. The smallest absolute Gasteiger partial charge is 0.462 e. The van der Waals surface area contributed by atoms with E-state index < -0.39 is 97.5 Å². The Balaban J connectivity index is 5.35. The molecule has 0 bridgehead atoms. The molecule has 0 aliphatic rings. The summed E-state index contributed by atoms with van der Waals surface area (Å²) in [7, 11) is -9.95. The van der Waals surface area contributed by atoms with E-state index in [1.54, 1.807) is 0 Å². The number of carbonyl (C=O) groups is 4. The van der Waals surface area contributed by atoms with Crippen molar-refractivity contribution in [2.45, 2.75) is 393 Å². The molecule has 0 saturated heterocycles. The van der Waals surface area contributed by atoms with Crippen LogP contribution in [0.3, 0.4) is 0 Å². The fourth-order valence-corrected chi connectivity index (χ4v) is 12.9. The van der Waals surface area contributed by atoms with Gasteiger partial charge in [0.05, 0.1) is 26.4 Å². The number of carbonyl (C=O) groups excluding carboxylic acids is 4. The van der Waals surface area contributed by atoms with Gasteiger partial charge in [-0.2, -0.15) is 0 Å². The number of phosphoric acid groups is 2. The zero-order chi connectivity index (χ0) is 73.2. The van der Waals surface area contributed by atoms with E-state index in [-0.39, 0.29) is 25.7 Å². The van der Waals surface area contributed by atoms with Crippen molar-refractivity contribution in [2.24, 2.45) is 0 Å². The summed E-state index contributed by atoms with van der Waals surface area (Å²) in [5, 5.41) is 10.6. The number of aliphatic hydroxyl groups excluding tert-OH is 1. The van der Waals surface area contributed by atoms with E-state index in [2.05, 4.69) is 76.3 Å². The van der Waals surface area contributed by atoms with Crippen molar-refractivity contribution >= 4 is 39.5 Å². The predicted molar refractivity (Wildman–Crippen MR) is 409 cm³/mol. The lowest BCUT2D eigenvalue weighted by Gasteiger charge is -2.21. The third-order valence-corrected chi connectivity index (χ3v) is 19.4. The Kier molecular flexibility index (Phi) is 71.6. The summed E-state index contributed by atoms with van der Waals surface area (Å²) in [6.45, 7) is 4.85. The maximum atomic E-state index is 13.1.